The largest absolute Gasteiger partial charge is 0.394 e. The quantitative estimate of drug-likeness (QED) is 0.716. The second-order valence-electron chi connectivity index (χ2n) is 4.37. The lowest BCUT2D eigenvalue weighted by atomic mass is 10.3. The van der Waals surface area contributed by atoms with Gasteiger partial charge in [-0.25, -0.2) is 4.68 Å². The minimum atomic E-state index is -0.312. The lowest BCUT2D eigenvalue weighted by Gasteiger charge is -2.28. The van der Waals surface area contributed by atoms with Crippen molar-refractivity contribution in [1.82, 2.24) is 15.1 Å². The van der Waals surface area contributed by atoms with Gasteiger partial charge in [0.05, 0.1) is 24.5 Å². The van der Waals surface area contributed by atoms with E-state index in [2.05, 4.69) is 10.4 Å². The number of carbonyl (C=O) groups is 2. The van der Waals surface area contributed by atoms with Crippen molar-refractivity contribution < 1.29 is 9.59 Å². The molecule has 0 bridgehead atoms. The number of nitrogens with two attached hydrogens (primary N) is 1. The number of carbonyl (C=O) groups excluding carboxylic acids is 2. The molecule has 7 nitrogen and oxygen atoms in total. The molecular formula is C11H17N5O2. The summed E-state index contributed by atoms with van der Waals surface area (Å²) in [6.07, 6.45) is 0.904. The van der Waals surface area contributed by atoms with E-state index in [4.69, 9.17) is 5.73 Å². The molecule has 1 aliphatic rings. The van der Waals surface area contributed by atoms with Crippen molar-refractivity contribution in [1.29, 1.82) is 0 Å². The summed E-state index contributed by atoms with van der Waals surface area (Å²) in [6, 6.07) is 0. The van der Waals surface area contributed by atoms with Gasteiger partial charge in [-0.1, -0.05) is 6.92 Å². The van der Waals surface area contributed by atoms with E-state index in [1.165, 1.54) is 0 Å². The Morgan fingerprint density at radius 1 is 1.33 bits per heavy atom. The molecule has 18 heavy (non-hydrogen) atoms. The first-order valence-corrected chi connectivity index (χ1v) is 5.93. The molecule has 1 fully saturated rings. The molecule has 0 atom stereocenters. The van der Waals surface area contributed by atoms with E-state index in [1.807, 2.05) is 13.8 Å². The van der Waals surface area contributed by atoms with Crippen LogP contribution in [0.4, 0.5) is 11.5 Å². The SMILES string of the molecule is CCCn1nc(C)c(N)c1N1CC(=O)NC(=O)C1. The molecule has 0 aliphatic carbocycles. The van der Waals surface area contributed by atoms with Gasteiger partial charge in [0, 0.05) is 6.54 Å². The fourth-order valence-electron chi connectivity index (χ4n) is 2.07. The summed E-state index contributed by atoms with van der Waals surface area (Å²) in [5.41, 5.74) is 7.24. The molecule has 0 radical (unpaired) electrons. The zero-order valence-corrected chi connectivity index (χ0v) is 10.6. The lowest BCUT2D eigenvalue weighted by Crippen LogP contribution is -2.52. The number of anilines is 2. The molecule has 0 spiro atoms. The Morgan fingerprint density at radius 2 is 1.94 bits per heavy atom. The molecule has 2 rings (SSSR count). The monoisotopic (exact) mass is 251 g/mol. The van der Waals surface area contributed by atoms with Gasteiger partial charge in [0.2, 0.25) is 11.8 Å². The van der Waals surface area contributed by atoms with Gasteiger partial charge >= 0.3 is 0 Å². The van der Waals surface area contributed by atoms with Crippen LogP contribution in [0.3, 0.4) is 0 Å². The molecular weight excluding hydrogens is 234 g/mol. The highest BCUT2D eigenvalue weighted by molar-refractivity contribution is 6.03. The van der Waals surface area contributed by atoms with Gasteiger partial charge < -0.3 is 10.6 Å². The maximum Gasteiger partial charge on any atom is 0.246 e. The number of nitrogen functional groups attached to an aromatic ring is 1. The molecule has 1 saturated heterocycles. The van der Waals surface area contributed by atoms with E-state index >= 15 is 0 Å². The molecule has 2 heterocycles. The van der Waals surface area contributed by atoms with Gasteiger partial charge in [-0.2, -0.15) is 5.10 Å². The summed E-state index contributed by atoms with van der Waals surface area (Å²) >= 11 is 0. The van der Waals surface area contributed by atoms with E-state index < -0.39 is 0 Å². The van der Waals surface area contributed by atoms with Crippen LogP contribution in [-0.4, -0.2) is 34.7 Å². The molecule has 1 aliphatic heterocycles. The fraction of sp³-hybridized carbons (Fsp3) is 0.545. The van der Waals surface area contributed by atoms with Crippen LogP contribution in [0.5, 0.6) is 0 Å². The highest BCUT2D eigenvalue weighted by Crippen LogP contribution is 2.27. The Balaban J connectivity index is 2.36. The van der Waals surface area contributed by atoms with E-state index in [-0.39, 0.29) is 24.9 Å². The molecule has 2 amide bonds. The van der Waals surface area contributed by atoms with Gasteiger partial charge in [0.25, 0.3) is 0 Å². The molecule has 0 saturated carbocycles. The molecule has 98 valence electrons. The summed E-state index contributed by atoms with van der Waals surface area (Å²) < 4.78 is 1.76. The van der Waals surface area contributed by atoms with Crippen molar-refractivity contribution in [2.75, 3.05) is 23.7 Å². The molecule has 1 aromatic heterocycles. The number of imide groups is 1. The normalized spacial score (nSPS) is 16.0. The van der Waals surface area contributed by atoms with E-state index in [0.29, 0.717) is 18.1 Å². The first-order valence-electron chi connectivity index (χ1n) is 5.93. The standard InChI is InChI=1S/C11H17N5O2/c1-3-4-16-11(10(12)7(2)14-16)15-5-8(17)13-9(18)6-15/h3-6,12H2,1-2H3,(H,13,17,18). The third kappa shape index (κ3) is 2.15. The van der Waals surface area contributed by atoms with Crippen LogP contribution in [0.25, 0.3) is 0 Å². The Morgan fingerprint density at radius 3 is 2.50 bits per heavy atom. The van der Waals surface area contributed by atoms with Crippen LogP contribution in [0.1, 0.15) is 19.0 Å². The minimum Gasteiger partial charge on any atom is -0.394 e. The second kappa shape index (κ2) is 4.67. The number of amides is 2. The zero-order valence-electron chi connectivity index (χ0n) is 10.6. The van der Waals surface area contributed by atoms with Gasteiger partial charge in [0.1, 0.15) is 0 Å². The minimum absolute atomic E-state index is 0.130. The first-order chi connectivity index (χ1) is 8.52. The van der Waals surface area contributed by atoms with Crippen molar-refractivity contribution in [2.45, 2.75) is 26.8 Å². The summed E-state index contributed by atoms with van der Waals surface area (Å²) in [5, 5.41) is 6.60. The number of hydrogen-bond acceptors (Lipinski definition) is 5. The Kier molecular flexibility index (Phi) is 3.22. The number of nitrogens with zero attached hydrogens (tertiary/aromatic N) is 3. The van der Waals surface area contributed by atoms with Crippen LogP contribution < -0.4 is 16.0 Å². The predicted octanol–water partition coefficient (Wildman–Crippen LogP) is -0.353. The Labute approximate surface area is 105 Å². The number of piperazine rings is 1. The van der Waals surface area contributed by atoms with Crippen molar-refractivity contribution >= 4 is 23.3 Å². The maximum absolute atomic E-state index is 11.4. The summed E-state index contributed by atoms with van der Waals surface area (Å²) in [6.45, 7) is 4.82. The third-order valence-electron chi connectivity index (χ3n) is 2.83. The number of nitrogens with one attached hydrogen (secondary N) is 1. The first kappa shape index (κ1) is 12.4. The van der Waals surface area contributed by atoms with E-state index in [0.717, 1.165) is 12.1 Å². The van der Waals surface area contributed by atoms with Crippen LogP contribution in [0.15, 0.2) is 0 Å². The molecule has 1 aromatic rings. The van der Waals surface area contributed by atoms with Gasteiger partial charge in [-0.3, -0.25) is 14.9 Å². The average Bonchev–Trinajstić information content (AvgIpc) is 2.54. The van der Waals surface area contributed by atoms with E-state index in [1.54, 1.807) is 9.58 Å². The molecule has 7 heteroatoms. The lowest BCUT2D eigenvalue weighted by molar-refractivity contribution is -0.130. The van der Waals surface area contributed by atoms with E-state index in [9.17, 15) is 9.59 Å². The van der Waals surface area contributed by atoms with Gasteiger partial charge in [-0.05, 0) is 13.3 Å². The van der Waals surface area contributed by atoms with Crippen LogP contribution in [0, 0.1) is 6.92 Å². The van der Waals surface area contributed by atoms with Crippen LogP contribution >= 0.6 is 0 Å². The molecule has 3 N–H and O–H groups in total. The topological polar surface area (TPSA) is 93.2 Å². The number of rotatable bonds is 3. The predicted molar refractivity (Wildman–Crippen MR) is 67.0 cm³/mol. The van der Waals surface area contributed by atoms with Crippen molar-refractivity contribution in [3.05, 3.63) is 5.69 Å². The number of hydrogen-bond donors (Lipinski definition) is 2. The average molecular weight is 251 g/mol. The Hall–Kier alpha value is -2.05. The summed E-state index contributed by atoms with van der Waals surface area (Å²) in [7, 11) is 0. The highest BCUT2D eigenvalue weighted by atomic mass is 16.2. The van der Waals surface area contributed by atoms with Gasteiger partial charge in [-0.15, -0.1) is 0 Å². The summed E-state index contributed by atoms with van der Waals surface area (Å²) in [5.74, 6) is 0.0395. The third-order valence-corrected chi connectivity index (χ3v) is 2.83. The van der Waals surface area contributed by atoms with Crippen molar-refractivity contribution in [3.63, 3.8) is 0 Å². The van der Waals surface area contributed by atoms with Crippen molar-refractivity contribution in [3.8, 4) is 0 Å². The number of aromatic nitrogens is 2. The molecule has 0 unspecified atom stereocenters. The second-order valence-corrected chi connectivity index (χ2v) is 4.37. The maximum atomic E-state index is 11.4. The summed E-state index contributed by atoms with van der Waals surface area (Å²) in [4.78, 5) is 24.5. The fourth-order valence-corrected chi connectivity index (χ4v) is 2.07. The Bertz CT molecular complexity index is 478. The van der Waals surface area contributed by atoms with Crippen LogP contribution in [-0.2, 0) is 16.1 Å². The van der Waals surface area contributed by atoms with Crippen molar-refractivity contribution in [2.24, 2.45) is 0 Å². The smallest absolute Gasteiger partial charge is 0.246 e. The molecule has 0 aromatic carbocycles. The number of aryl methyl sites for hydroxylation is 2. The van der Waals surface area contributed by atoms with Crippen LogP contribution in [0.2, 0.25) is 0 Å². The zero-order chi connectivity index (χ0) is 13.3. The van der Waals surface area contributed by atoms with Gasteiger partial charge in [0.15, 0.2) is 5.82 Å². The highest BCUT2D eigenvalue weighted by Gasteiger charge is 2.27.